The predicted molar refractivity (Wildman–Crippen MR) is 127 cm³/mol. The van der Waals surface area contributed by atoms with Crippen LogP contribution in [0.15, 0.2) is 54.6 Å². The van der Waals surface area contributed by atoms with E-state index in [4.69, 9.17) is 23.7 Å². The summed E-state index contributed by atoms with van der Waals surface area (Å²) in [4.78, 5) is 0. The Morgan fingerprint density at radius 3 is 1.28 bits per heavy atom. The predicted octanol–water partition coefficient (Wildman–Crippen LogP) is 5.30. The lowest BCUT2D eigenvalue weighted by atomic mass is 10.00. The van der Waals surface area contributed by atoms with Crippen molar-refractivity contribution < 1.29 is 23.7 Å². The summed E-state index contributed by atoms with van der Waals surface area (Å²) in [6, 6.07) is 19.0. The molecule has 0 aromatic heterocycles. The fraction of sp³-hybridized carbons (Fsp3) is 0.333. The van der Waals surface area contributed by atoms with E-state index in [0.29, 0.717) is 17.2 Å². The van der Waals surface area contributed by atoms with Crippen LogP contribution in [-0.2, 0) is 25.7 Å². The van der Waals surface area contributed by atoms with Gasteiger partial charge in [0.2, 0.25) is 5.75 Å². The number of hydrogen-bond acceptors (Lipinski definition) is 5. The number of aryl methyl sites for hydroxylation is 4. The molecule has 0 N–H and O–H groups in total. The van der Waals surface area contributed by atoms with E-state index in [-0.39, 0.29) is 0 Å². The molecule has 5 nitrogen and oxygen atoms in total. The zero-order valence-electron chi connectivity index (χ0n) is 19.6. The largest absolute Gasteiger partial charge is 0.493 e. The first-order valence-electron chi connectivity index (χ1n) is 10.7. The van der Waals surface area contributed by atoms with Crippen LogP contribution in [0.5, 0.6) is 28.7 Å². The molecule has 0 aliphatic carbocycles. The van der Waals surface area contributed by atoms with Gasteiger partial charge in [-0.05, 0) is 72.2 Å². The van der Waals surface area contributed by atoms with Crippen molar-refractivity contribution in [1.82, 2.24) is 0 Å². The molecule has 0 atom stereocenters. The standard InChI is InChI=1S/C27H32O5/c1-28-23-15-14-21(16-24(23)29-2)12-10-19-6-8-20(9-7-19)11-13-22-17-25(30-3)27(32-5)26(18-22)31-4/h6-9,14-18H,10-13H2,1-5H3. The normalized spacial score (nSPS) is 10.5. The summed E-state index contributed by atoms with van der Waals surface area (Å²) in [5.41, 5.74) is 5.00. The number of hydrogen-bond donors (Lipinski definition) is 0. The van der Waals surface area contributed by atoms with Crippen molar-refractivity contribution in [1.29, 1.82) is 0 Å². The minimum absolute atomic E-state index is 0.623. The van der Waals surface area contributed by atoms with E-state index in [1.54, 1.807) is 35.5 Å². The molecule has 0 saturated carbocycles. The first-order chi connectivity index (χ1) is 15.6. The average Bonchev–Trinajstić information content (AvgIpc) is 2.85. The Hall–Kier alpha value is -3.34. The second kappa shape index (κ2) is 11.3. The van der Waals surface area contributed by atoms with Gasteiger partial charge in [0.1, 0.15) is 0 Å². The van der Waals surface area contributed by atoms with Crippen molar-refractivity contribution in [3.05, 3.63) is 76.9 Å². The molecule has 170 valence electrons. The second-order valence-electron chi connectivity index (χ2n) is 7.54. The molecule has 3 aromatic rings. The minimum atomic E-state index is 0.623. The molecule has 32 heavy (non-hydrogen) atoms. The van der Waals surface area contributed by atoms with E-state index >= 15 is 0 Å². The number of benzene rings is 3. The Bertz CT molecular complexity index is 986. The molecular weight excluding hydrogens is 404 g/mol. The summed E-state index contributed by atoms with van der Waals surface area (Å²) in [5, 5.41) is 0. The van der Waals surface area contributed by atoms with Gasteiger partial charge in [0.25, 0.3) is 0 Å². The molecule has 0 saturated heterocycles. The van der Waals surface area contributed by atoms with Gasteiger partial charge in [0.05, 0.1) is 35.5 Å². The fourth-order valence-corrected chi connectivity index (χ4v) is 3.77. The van der Waals surface area contributed by atoms with Gasteiger partial charge in [-0.1, -0.05) is 30.3 Å². The summed E-state index contributed by atoms with van der Waals surface area (Å²) in [6.45, 7) is 0. The van der Waals surface area contributed by atoms with E-state index in [1.165, 1.54) is 16.7 Å². The van der Waals surface area contributed by atoms with Gasteiger partial charge < -0.3 is 23.7 Å². The van der Waals surface area contributed by atoms with Crippen molar-refractivity contribution in [2.75, 3.05) is 35.5 Å². The fourth-order valence-electron chi connectivity index (χ4n) is 3.77. The highest BCUT2D eigenvalue weighted by molar-refractivity contribution is 5.54. The molecule has 5 heteroatoms. The SMILES string of the molecule is COc1ccc(CCc2ccc(CCc3cc(OC)c(OC)c(OC)c3)cc2)cc1OC. The van der Waals surface area contributed by atoms with Crippen molar-refractivity contribution in [3.63, 3.8) is 0 Å². The van der Waals surface area contributed by atoms with Crippen LogP contribution in [0.3, 0.4) is 0 Å². The van der Waals surface area contributed by atoms with Crippen molar-refractivity contribution in [2.24, 2.45) is 0 Å². The van der Waals surface area contributed by atoms with Gasteiger partial charge in [0.15, 0.2) is 23.0 Å². The van der Waals surface area contributed by atoms with Gasteiger partial charge in [-0.3, -0.25) is 0 Å². The van der Waals surface area contributed by atoms with Gasteiger partial charge in [-0.25, -0.2) is 0 Å². The highest BCUT2D eigenvalue weighted by Crippen LogP contribution is 2.38. The third kappa shape index (κ3) is 5.67. The van der Waals surface area contributed by atoms with Crippen LogP contribution in [0.25, 0.3) is 0 Å². The van der Waals surface area contributed by atoms with Crippen LogP contribution in [0.4, 0.5) is 0 Å². The molecule has 0 heterocycles. The third-order valence-corrected chi connectivity index (χ3v) is 5.60. The Morgan fingerprint density at radius 1 is 0.406 bits per heavy atom. The average molecular weight is 437 g/mol. The van der Waals surface area contributed by atoms with E-state index in [0.717, 1.165) is 42.7 Å². The number of ether oxygens (including phenoxy) is 5. The van der Waals surface area contributed by atoms with Crippen LogP contribution in [0.2, 0.25) is 0 Å². The smallest absolute Gasteiger partial charge is 0.203 e. The zero-order valence-corrected chi connectivity index (χ0v) is 19.6. The summed E-state index contributed by atoms with van der Waals surface area (Å²) >= 11 is 0. The monoisotopic (exact) mass is 436 g/mol. The maximum absolute atomic E-state index is 5.46. The molecule has 0 amide bonds. The number of rotatable bonds is 11. The Kier molecular flexibility index (Phi) is 8.26. The van der Waals surface area contributed by atoms with E-state index in [9.17, 15) is 0 Å². The molecular formula is C27H32O5. The van der Waals surface area contributed by atoms with Crippen LogP contribution < -0.4 is 23.7 Å². The van der Waals surface area contributed by atoms with Gasteiger partial charge >= 0.3 is 0 Å². The molecule has 0 aliphatic rings. The Balaban J connectivity index is 1.59. The highest BCUT2D eigenvalue weighted by Gasteiger charge is 2.13. The molecule has 0 spiro atoms. The molecule has 0 aliphatic heterocycles. The Labute approximate surface area is 190 Å². The topological polar surface area (TPSA) is 46.2 Å². The van der Waals surface area contributed by atoms with Crippen molar-refractivity contribution in [2.45, 2.75) is 25.7 Å². The maximum atomic E-state index is 5.46. The first kappa shape index (κ1) is 23.3. The Morgan fingerprint density at radius 2 is 0.812 bits per heavy atom. The minimum Gasteiger partial charge on any atom is -0.493 e. The van der Waals surface area contributed by atoms with Crippen LogP contribution >= 0.6 is 0 Å². The highest BCUT2D eigenvalue weighted by atomic mass is 16.5. The molecule has 0 fully saturated rings. The number of methoxy groups -OCH3 is 5. The molecule has 3 aromatic carbocycles. The van der Waals surface area contributed by atoms with Gasteiger partial charge in [-0.15, -0.1) is 0 Å². The quantitative estimate of drug-likeness (QED) is 0.408. The summed E-state index contributed by atoms with van der Waals surface area (Å²) in [7, 11) is 8.22. The van der Waals surface area contributed by atoms with E-state index in [1.807, 2.05) is 24.3 Å². The lowest BCUT2D eigenvalue weighted by molar-refractivity contribution is 0.324. The molecule has 0 radical (unpaired) electrons. The van der Waals surface area contributed by atoms with Crippen LogP contribution in [0, 0.1) is 0 Å². The lowest BCUT2D eigenvalue weighted by Crippen LogP contribution is -1.99. The van der Waals surface area contributed by atoms with Gasteiger partial charge in [0, 0.05) is 0 Å². The first-order valence-corrected chi connectivity index (χ1v) is 10.7. The van der Waals surface area contributed by atoms with E-state index in [2.05, 4.69) is 30.3 Å². The molecule has 0 bridgehead atoms. The van der Waals surface area contributed by atoms with Crippen molar-refractivity contribution >= 4 is 0 Å². The van der Waals surface area contributed by atoms with Crippen LogP contribution in [-0.4, -0.2) is 35.5 Å². The zero-order chi connectivity index (χ0) is 22.9. The summed E-state index contributed by atoms with van der Waals surface area (Å²) < 4.78 is 27.0. The van der Waals surface area contributed by atoms with Crippen LogP contribution in [0.1, 0.15) is 22.3 Å². The van der Waals surface area contributed by atoms with Crippen molar-refractivity contribution in [3.8, 4) is 28.7 Å². The maximum Gasteiger partial charge on any atom is 0.203 e. The summed E-state index contributed by atoms with van der Waals surface area (Å²) in [6.07, 6.45) is 3.75. The molecule has 3 rings (SSSR count). The van der Waals surface area contributed by atoms with E-state index < -0.39 is 0 Å². The lowest BCUT2D eigenvalue weighted by Gasteiger charge is -2.14. The van der Waals surface area contributed by atoms with Gasteiger partial charge in [-0.2, -0.15) is 0 Å². The summed E-state index contributed by atoms with van der Waals surface area (Å²) in [5.74, 6) is 3.53. The third-order valence-electron chi connectivity index (χ3n) is 5.60. The second-order valence-corrected chi connectivity index (χ2v) is 7.54. The molecule has 0 unspecified atom stereocenters.